The minimum absolute atomic E-state index is 0.0718. The molecule has 0 aliphatic carbocycles. The summed E-state index contributed by atoms with van der Waals surface area (Å²) in [6.07, 6.45) is 2.03. The van der Waals surface area contributed by atoms with E-state index in [1.807, 2.05) is 35.4 Å². The molecule has 1 aromatic heterocycles. The maximum atomic E-state index is 12.7. The standard InChI is InChI=1S/C17H20N2O/c1-13(2)16-17(20)18(11-14-7-4-3-5-8-14)12-15-9-6-10-19(15)16/h3-10,13,16H,11-12H2,1-2H3/t16-/m0/s1. The van der Waals surface area contributed by atoms with Crippen molar-refractivity contribution in [1.29, 1.82) is 0 Å². The van der Waals surface area contributed by atoms with Crippen molar-refractivity contribution in [2.75, 3.05) is 0 Å². The van der Waals surface area contributed by atoms with Gasteiger partial charge in [0.25, 0.3) is 0 Å². The molecular weight excluding hydrogens is 248 g/mol. The molecule has 0 N–H and O–H groups in total. The van der Waals surface area contributed by atoms with Gasteiger partial charge in [0, 0.05) is 18.4 Å². The van der Waals surface area contributed by atoms with E-state index in [2.05, 4.69) is 36.6 Å². The van der Waals surface area contributed by atoms with Gasteiger partial charge in [0.2, 0.25) is 5.91 Å². The topological polar surface area (TPSA) is 25.2 Å². The molecule has 0 saturated carbocycles. The zero-order valence-electron chi connectivity index (χ0n) is 12.0. The summed E-state index contributed by atoms with van der Waals surface area (Å²) in [6.45, 7) is 5.61. The molecule has 1 aromatic carbocycles. The monoisotopic (exact) mass is 268 g/mol. The Morgan fingerprint density at radius 1 is 1.15 bits per heavy atom. The fraction of sp³-hybridized carbons (Fsp3) is 0.353. The number of carbonyl (C=O) groups excluding carboxylic acids is 1. The van der Waals surface area contributed by atoms with Crippen LogP contribution in [0.3, 0.4) is 0 Å². The molecule has 0 saturated heterocycles. The van der Waals surface area contributed by atoms with Gasteiger partial charge in [-0.15, -0.1) is 0 Å². The number of aromatic nitrogens is 1. The SMILES string of the molecule is CC(C)[C@H]1C(=O)N(Cc2ccccc2)Cc2cccn21. The third-order valence-electron chi connectivity index (χ3n) is 3.93. The Morgan fingerprint density at radius 3 is 2.60 bits per heavy atom. The minimum atomic E-state index is -0.0718. The zero-order chi connectivity index (χ0) is 14.1. The minimum Gasteiger partial charge on any atom is -0.337 e. The highest BCUT2D eigenvalue weighted by Crippen LogP contribution is 2.29. The van der Waals surface area contributed by atoms with E-state index in [0.29, 0.717) is 19.0 Å². The number of benzene rings is 1. The molecule has 0 unspecified atom stereocenters. The van der Waals surface area contributed by atoms with Crippen LogP contribution in [0.15, 0.2) is 48.7 Å². The molecule has 3 nitrogen and oxygen atoms in total. The van der Waals surface area contributed by atoms with Crippen LogP contribution in [-0.4, -0.2) is 15.4 Å². The van der Waals surface area contributed by atoms with Crippen LogP contribution in [0.4, 0.5) is 0 Å². The maximum Gasteiger partial charge on any atom is 0.246 e. The van der Waals surface area contributed by atoms with E-state index in [0.717, 1.165) is 0 Å². The van der Waals surface area contributed by atoms with Crippen LogP contribution in [0.2, 0.25) is 0 Å². The number of rotatable bonds is 3. The molecule has 1 atom stereocenters. The van der Waals surface area contributed by atoms with Crippen LogP contribution < -0.4 is 0 Å². The van der Waals surface area contributed by atoms with Crippen molar-refractivity contribution in [3.05, 3.63) is 59.9 Å². The average Bonchev–Trinajstić information content (AvgIpc) is 2.87. The summed E-state index contributed by atoms with van der Waals surface area (Å²) in [5.74, 6) is 0.528. The Morgan fingerprint density at radius 2 is 1.90 bits per heavy atom. The molecule has 1 amide bonds. The van der Waals surface area contributed by atoms with Crippen molar-refractivity contribution in [1.82, 2.24) is 9.47 Å². The van der Waals surface area contributed by atoms with Gasteiger partial charge in [-0.1, -0.05) is 44.2 Å². The lowest BCUT2D eigenvalue weighted by atomic mass is 9.99. The molecule has 0 bridgehead atoms. The van der Waals surface area contributed by atoms with Crippen molar-refractivity contribution < 1.29 is 4.79 Å². The van der Waals surface area contributed by atoms with Gasteiger partial charge in [-0.05, 0) is 23.6 Å². The summed E-state index contributed by atoms with van der Waals surface area (Å²) in [5.41, 5.74) is 2.41. The molecular formula is C17H20N2O. The number of hydrogen-bond donors (Lipinski definition) is 0. The first-order valence-electron chi connectivity index (χ1n) is 7.15. The first kappa shape index (κ1) is 13.0. The zero-order valence-corrected chi connectivity index (χ0v) is 12.0. The number of amides is 1. The summed E-state index contributed by atoms with van der Waals surface area (Å²) in [6, 6.07) is 14.3. The van der Waals surface area contributed by atoms with Gasteiger partial charge in [-0.2, -0.15) is 0 Å². The highest BCUT2D eigenvalue weighted by Gasteiger charge is 2.34. The Labute approximate surface area is 119 Å². The summed E-state index contributed by atoms with van der Waals surface area (Å²) < 4.78 is 2.13. The molecule has 1 aliphatic heterocycles. The molecule has 1 aliphatic rings. The normalized spacial score (nSPS) is 18.4. The van der Waals surface area contributed by atoms with Crippen molar-refractivity contribution in [2.24, 2.45) is 5.92 Å². The van der Waals surface area contributed by atoms with Gasteiger partial charge in [-0.25, -0.2) is 0 Å². The fourth-order valence-electron chi connectivity index (χ4n) is 2.96. The summed E-state index contributed by atoms with van der Waals surface area (Å²) >= 11 is 0. The van der Waals surface area contributed by atoms with Gasteiger partial charge < -0.3 is 9.47 Å². The van der Waals surface area contributed by atoms with Crippen molar-refractivity contribution >= 4 is 5.91 Å². The predicted molar refractivity (Wildman–Crippen MR) is 79.0 cm³/mol. The third kappa shape index (κ3) is 2.24. The lowest BCUT2D eigenvalue weighted by Gasteiger charge is -2.36. The number of carbonyl (C=O) groups is 1. The molecule has 2 aromatic rings. The highest BCUT2D eigenvalue weighted by molar-refractivity contribution is 5.82. The Hall–Kier alpha value is -2.03. The van der Waals surface area contributed by atoms with Gasteiger partial charge in [0.1, 0.15) is 6.04 Å². The Kier molecular flexibility index (Phi) is 3.35. The predicted octanol–water partition coefficient (Wildman–Crippen LogP) is 3.23. The van der Waals surface area contributed by atoms with E-state index in [4.69, 9.17) is 0 Å². The average molecular weight is 268 g/mol. The third-order valence-corrected chi connectivity index (χ3v) is 3.93. The smallest absolute Gasteiger partial charge is 0.246 e. The lowest BCUT2D eigenvalue weighted by Crippen LogP contribution is -2.43. The molecule has 3 heteroatoms. The second kappa shape index (κ2) is 5.16. The van der Waals surface area contributed by atoms with Gasteiger partial charge in [-0.3, -0.25) is 4.79 Å². The van der Waals surface area contributed by atoms with Crippen molar-refractivity contribution in [3.63, 3.8) is 0 Å². The van der Waals surface area contributed by atoms with E-state index >= 15 is 0 Å². The van der Waals surface area contributed by atoms with Gasteiger partial charge >= 0.3 is 0 Å². The van der Waals surface area contributed by atoms with Crippen LogP contribution in [0.1, 0.15) is 31.1 Å². The molecule has 2 heterocycles. The maximum absolute atomic E-state index is 12.7. The van der Waals surface area contributed by atoms with Crippen molar-refractivity contribution in [2.45, 2.75) is 33.0 Å². The summed E-state index contributed by atoms with van der Waals surface area (Å²) in [7, 11) is 0. The van der Waals surface area contributed by atoms with Crippen LogP contribution in [0.5, 0.6) is 0 Å². The van der Waals surface area contributed by atoms with Gasteiger partial charge in [0.15, 0.2) is 0 Å². The Bertz CT molecular complexity index is 600. The summed E-state index contributed by atoms with van der Waals surface area (Å²) in [5, 5.41) is 0. The second-order valence-electron chi connectivity index (χ2n) is 5.78. The molecule has 0 radical (unpaired) electrons. The first-order valence-corrected chi connectivity index (χ1v) is 7.15. The number of hydrogen-bond acceptors (Lipinski definition) is 1. The van der Waals surface area contributed by atoms with Crippen molar-refractivity contribution in [3.8, 4) is 0 Å². The van der Waals surface area contributed by atoms with Crippen LogP contribution in [0, 0.1) is 5.92 Å². The Balaban J connectivity index is 1.89. The first-order chi connectivity index (χ1) is 9.66. The van der Waals surface area contributed by atoms with Crippen LogP contribution in [-0.2, 0) is 17.9 Å². The van der Waals surface area contributed by atoms with Crippen LogP contribution >= 0.6 is 0 Å². The molecule has 3 rings (SSSR count). The lowest BCUT2D eigenvalue weighted by molar-refractivity contribution is -0.139. The number of nitrogens with zero attached hydrogens (tertiary/aromatic N) is 2. The molecule has 0 spiro atoms. The van der Waals surface area contributed by atoms with E-state index in [1.165, 1.54) is 11.3 Å². The van der Waals surface area contributed by atoms with E-state index in [9.17, 15) is 4.79 Å². The molecule has 0 fully saturated rings. The fourth-order valence-corrected chi connectivity index (χ4v) is 2.96. The summed E-state index contributed by atoms with van der Waals surface area (Å²) in [4.78, 5) is 14.7. The van der Waals surface area contributed by atoms with Crippen LogP contribution in [0.25, 0.3) is 0 Å². The largest absolute Gasteiger partial charge is 0.337 e. The highest BCUT2D eigenvalue weighted by atomic mass is 16.2. The molecule has 20 heavy (non-hydrogen) atoms. The quantitative estimate of drug-likeness (QED) is 0.839. The van der Waals surface area contributed by atoms with E-state index in [1.54, 1.807) is 0 Å². The second-order valence-corrected chi connectivity index (χ2v) is 5.78. The van der Waals surface area contributed by atoms with Gasteiger partial charge in [0.05, 0.1) is 6.54 Å². The number of fused-ring (bicyclic) bond motifs is 1. The van der Waals surface area contributed by atoms with E-state index in [-0.39, 0.29) is 11.9 Å². The van der Waals surface area contributed by atoms with E-state index < -0.39 is 0 Å². The molecule has 104 valence electrons.